The topological polar surface area (TPSA) is 79.5 Å². The lowest BCUT2D eigenvalue weighted by Gasteiger charge is -2.22. The number of rotatable bonds is 5. The number of hydrogen-bond acceptors (Lipinski definition) is 5. The predicted octanol–water partition coefficient (Wildman–Crippen LogP) is 0.666. The van der Waals surface area contributed by atoms with Crippen LogP contribution in [-0.2, 0) is 4.79 Å². The quantitative estimate of drug-likeness (QED) is 0.852. The monoisotopic (exact) mass is 270 g/mol. The van der Waals surface area contributed by atoms with Crippen LogP contribution in [0.2, 0.25) is 0 Å². The summed E-state index contributed by atoms with van der Waals surface area (Å²) in [7, 11) is 3.33. The summed E-state index contributed by atoms with van der Waals surface area (Å²) in [4.78, 5) is 30.7. The Hall–Kier alpha value is -1.63. The van der Waals surface area contributed by atoms with E-state index in [9.17, 15) is 9.59 Å². The van der Waals surface area contributed by atoms with E-state index in [-0.39, 0.29) is 18.4 Å². The van der Waals surface area contributed by atoms with Crippen molar-refractivity contribution in [2.45, 2.75) is 13.3 Å². The highest BCUT2D eigenvalue weighted by Crippen LogP contribution is 2.13. The second-order valence-electron chi connectivity index (χ2n) is 4.09. The number of carbonyl (C=O) groups is 2. The van der Waals surface area contributed by atoms with Crippen molar-refractivity contribution in [2.24, 2.45) is 0 Å². The molecule has 18 heavy (non-hydrogen) atoms. The van der Waals surface area contributed by atoms with Gasteiger partial charge in [-0.3, -0.25) is 9.59 Å². The molecule has 0 saturated heterocycles. The minimum atomic E-state index is -0.250. The summed E-state index contributed by atoms with van der Waals surface area (Å²) in [6.45, 7) is 2.54. The fourth-order valence-corrected chi connectivity index (χ4v) is 1.91. The van der Waals surface area contributed by atoms with Crippen LogP contribution in [0.5, 0.6) is 0 Å². The lowest BCUT2D eigenvalue weighted by atomic mass is 10.3. The molecule has 6 nitrogen and oxygen atoms in total. The van der Waals surface area contributed by atoms with Gasteiger partial charge in [-0.2, -0.15) is 0 Å². The van der Waals surface area contributed by atoms with Crippen LogP contribution in [0.1, 0.15) is 23.8 Å². The third kappa shape index (κ3) is 3.69. The molecule has 0 aliphatic carbocycles. The molecule has 0 unspecified atom stereocenters. The largest absolute Gasteiger partial charge is 0.375 e. The fraction of sp³-hybridized carbons (Fsp3) is 0.545. The average Bonchev–Trinajstić information content (AvgIpc) is 2.74. The maximum absolute atomic E-state index is 12.2. The molecule has 0 aliphatic heterocycles. The molecular formula is C11H18N4O2S. The van der Waals surface area contributed by atoms with E-state index in [1.807, 2.05) is 6.92 Å². The number of likely N-dealkylation sites (N-methyl/N-ethyl adjacent to an activating group) is 1. The number of thiazole rings is 1. The molecule has 0 atom stereocenters. The van der Waals surface area contributed by atoms with Crippen molar-refractivity contribution >= 4 is 28.3 Å². The molecular weight excluding hydrogens is 252 g/mol. The van der Waals surface area contributed by atoms with E-state index in [1.54, 1.807) is 19.5 Å². The van der Waals surface area contributed by atoms with Crippen molar-refractivity contribution in [3.05, 3.63) is 11.1 Å². The Kier molecular flexibility index (Phi) is 5.08. The number of aromatic nitrogens is 1. The number of hydrogen-bond donors (Lipinski definition) is 1. The van der Waals surface area contributed by atoms with Crippen LogP contribution in [0.3, 0.4) is 0 Å². The molecule has 0 spiro atoms. The van der Waals surface area contributed by atoms with E-state index in [4.69, 9.17) is 5.73 Å². The first-order valence-corrected chi connectivity index (χ1v) is 6.54. The molecule has 1 heterocycles. The third-order valence-electron chi connectivity index (χ3n) is 2.35. The number of nitrogens with two attached hydrogens (primary N) is 1. The van der Waals surface area contributed by atoms with Gasteiger partial charge < -0.3 is 15.5 Å². The first kappa shape index (κ1) is 14.4. The highest BCUT2D eigenvalue weighted by molar-refractivity contribution is 7.13. The Morgan fingerprint density at radius 3 is 2.56 bits per heavy atom. The minimum Gasteiger partial charge on any atom is -0.375 e. The first-order valence-electron chi connectivity index (χ1n) is 5.66. The minimum absolute atomic E-state index is 0.0666. The molecule has 2 N–H and O–H groups in total. The maximum Gasteiger partial charge on any atom is 0.273 e. The Morgan fingerprint density at radius 1 is 1.44 bits per heavy atom. The van der Waals surface area contributed by atoms with Crippen molar-refractivity contribution in [1.82, 2.24) is 14.8 Å². The molecule has 0 aromatic carbocycles. The van der Waals surface area contributed by atoms with Gasteiger partial charge >= 0.3 is 0 Å². The van der Waals surface area contributed by atoms with Gasteiger partial charge in [-0.25, -0.2) is 4.98 Å². The van der Waals surface area contributed by atoms with Crippen LogP contribution in [-0.4, -0.2) is 53.8 Å². The van der Waals surface area contributed by atoms with Crippen molar-refractivity contribution in [1.29, 1.82) is 0 Å². The zero-order chi connectivity index (χ0) is 13.7. The number of anilines is 1. The number of nitrogens with zero attached hydrogens (tertiary/aromatic N) is 3. The lowest BCUT2D eigenvalue weighted by molar-refractivity contribution is -0.129. The lowest BCUT2D eigenvalue weighted by Crippen LogP contribution is -2.40. The number of amides is 2. The molecule has 0 radical (unpaired) electrons. The van der Waals surface area contributed by atoms with Gasteiger partial charge in [-0.15, -0.1) is 11.3 Å². The van der Waals surface area contributed by atoms with Crippen LogP contribution in [0.25, 0.3) is 0 Å². The molecule has 7 heteroatoms. The Bertz CT molecular complexity index is 430. The van der Waals surface area contributed by atoms with Crippen molar-refractivity contribution in [3.63, 3.8) is 0 Å². The van der Waals surface area contributed by atoms with Gasteiger partial charge in [0.1, 0.15) is 12.2 Å². The molecule has 0 bridgehead atoms. The van der Waals surface area contributed by atoms with Crippen molar-refractivity contribution < 1.29 is 9.59 Å². The highest BCUT2D eigenvalue weighted by atomic mass is 32.1. The van der Waals surface area contributed by atoms with E-state index in [0.29, 0.717) is 17.4 Å². The maximum atomic E-state index is 12.2. The van der Waals surface area contributed by atoms with Crippen LogP contribution < -0.4 is 5.73 Å². The number of nitrogen functional groups attached to an aromatic ring is 1. The second-order valence-corrected chi connectivity index (χ2v) is 4.98. The molecule has 0 fully saturated rings. The van der Waals surface area contributed by atoms with Gasteiger partial charge in [0.15, 0.2) is 5.13 Å². The fourth-order valence-electron chi connectivity index (χ4n) is 1.37. The van der Waals surface area contributed by atoms with Gasteiger partial charge in [-0.1, -0.05) is 6.92 Å². The smallest absolute Gasteiger partial charge is 0.273 e. The summed E-state index contributed by atoms with van der Waals surface area (Å²) >= 11 is 1.22. The Labute approximate surface area is 110 Å². The zero-order valence-corrected chi connectivity index (χ0v) is 11.7. The summed E-state index contributed by atoms with van der Waals surface area (Å²) in [5, 5.41) is 1.97. The summed E-state index contributed by atoms with van der Waals surface area (Å²) in [6.07, 6.45) is 0.784. The predicted molar refractivity (Wildman–Crippen MR) is 71.4 cm³/mol. The standard InChI is InChI=1S/C11H18N4O2S/c1-4-5-15(6-9(16)14(2)3)10(17)8-7-18-11(12)13-8/h7H,4-6H2,1-3H3,(H2,12,13). The molecule has 1 aromatic rings. The van der Waals surface area contributed by atoms with E-state index in [1.165, 1.54) is 21.1 Å². The van der Waals surface area contributed by atoms with Crippen LogP contribution in [0.4, 0.5) is 5.13 Å². The third-order valence-corrected chi connectivity index (χ3v) is 3.02. The molecule has 100 valence electrons. The first-order chi connectivity index (χ1) is 8.45. The molecule has 0 saturated carbocycles. The molecule has 1 aromatic heterocycles. The van der Waals surface area contributed by atoms with Crippen molar-refractivity contribution in [2.75, 3.05) is 32.9 Å². The van der Waals surface area contributed by atoms with Crippen molar-refractivity contribution in [3.8, 4) is 0 Å². The van der Waals surface area contributed by atoms with E-state index in [0.717, 1.165) is 6.42 Å². The summed E-state index contributed by atoms with van der Waals surface area (Å²) in [5.41, 5.74) is 5.80. The van der Waals surface area contributed by atoms with Gasteiger partial charge in [-0.05, 0) is 6.42 Å². The van der Waals surface area contributed by atoms with Gasteiger partial charge in [0, 0.05) is 26.0 Å². The van der Waals surface area contributed by atoms with Crippen LogP contribution >= 0.6 is 11.3 Å². The highest BCUT2D eigenvalue weighted by Gasteiger charge is 2.20. The molecule has 2 amide bonds. The molecule has 0 aliphatic rings. The SMILES string of the molecule is CCCN(CC(=O)N(C)C)C(=O)c1csc(N)n1. The van der Waals surface area contributed by atoms with Gasteiger partial charge in [0.25, 0.3) is 5.91 Å². The summed E-state index contributed by atoms with van der Waals surface area (Å²) in [6, 6.07) is 0. The zero-order valence-electron chi connectivity index (χ0n) is 10.8. The number of carbonyl (C=O) groups excluding carboxylic acids is 2. The molecule has 1 rings (SSSR count). The van der Waals surface area contributed by atoms with E-state index < -0.39 is 0 Å². The summed E-state index contributed by atoms with van der Waals surface area (Å²) in [5.74, 6) is -0.361. The van der Waals surface area contributed by atoms with Crippen LogP contribution in [0, 0.1) is 0 Å². The van der Waals surface area contributed by atoms with E-state index >= 15 is 0 Å². The Balaban J connectivity index is 2.78. The van der Waals surface area contributed by atoms with Gasteiger partial charge in [0.2, 0.25) is 5.91 Å². The van der Waals surface area contributed by atoms with E-state index in [2.05, 4.69) is 4.98 Å². The van der Waals surface area contributed by atoms with Crippen LogP contribution in [0.15, 0.2) is 5.38 Å². The summed E-state index contributed by atoms with van der Waals surface area (Å²) < 4.78 is 0. The second kappa shape index (κ2) is 6.34. The normalized spacial score (nSPS) is 10.2. The van der Waals surface area contributed by atoms with Gasteiger partial charge in [0.05, 0.1) is 0 Å². The average molecular weight is 270 g/mol. The Morgan fingerprint density at radius 2 is 2.11 bits per heavy atom.